The van der Waals surface area contributed by atoms with E-state index < -0.39 is 28.7 Å². The summed E-state index contributed by atoms with van der Waals surface area (Å²) in [5.41, 5.74) is 1.40. The molecule has 0 saturated carbocycles. The minimum Gasteiger partial charge on any atom is -0.494 e. The van der Waals surface area contributed by atoms with Gasteiger partial charge in [-0.05, 0) is 55.5 Å². The number of rotatable bonds is 11. The van der Waals surface area contributed by atoms with E-state index in [9.17, 15) is 19.5 Å². The van der Waals surface area contributed by atoms with Gasteiger partial charge in [-0.3, -0.25) is 14.4 Å². The molecule has 214 valence electrons. The number of aliphatic hydroxyl groups is 1. The van der Waals surface area contributed by atoms with Crippen molar-refractivity contribution in [1.29, 1.82) is 0 Å². The fourth-order valence-electron chi connectivity index (χ4n) is 6.94. The largest absolute Gasteiger partial charge is 0.494 e. The van der Waals surface area contributed by atoms with Crippen molar-refractivity contribution in [2.24, 2.45) is 17.8 Å². The lowest BCUT2D eigenvalue weighted by Gasteiger charge is -2.40. The lowest BCUT2D eigenvalue weighted by atomic mass is 9.66. The first-order chi connectivity index (χ1) is 19.4. The van der Waals surface area contributed by atoms with Crippen LogP contribution in [0, 0.1) is 17.8 Å². The van der Waals surface area contributed by atoms with Crippen molar-refractivity contribution in [1.82, 2.24) is 10.2 Å². The van der Waals surface area contributed by atoms with Crippen LogP contribution in [0.5, 0.6) is 5.75 Å². The summed E-state index contributed by atoms with van der Waals surface area (Å²) in [6, 6.07) is 15.1. The van der Waals surface area contributed by atoms with Gasteiger partial charge in [0.25, 0.3) is 0 Å². The molecule has 3 amide bonds. The fourth-order valence-corrected chi connectivity index (χ4v) is 9.34. The van der Waals surface area contributed by atoms with Crippen LogP contribution in [-0.2, 0) is 14.4 Å². The number of unbranched alkanes of at least 4 members (excludes halogenated alkanes) is 1. The lowest BCUT2D eigenvalue weighted by Crippen LogP contribution is -2.57. The highest BCUT2D eigenvalue weighted by Gasteiger charge is 2.76. The number of hydrogen-bond acceptors (Lipinski definition) is 6. The summed E-state index contributed by atoms with van der Waals surface area (Å²) >= 11 is 1.63. The van der Waals surface area contributed by atoms with Crippen molar-refractivity contribution < 1.29 is 24.2 Å². The minimum absolute atomic E-state index is 0.0491. The Morgan fingerprint density at radius 3 is 2.50 bits per heavy atom. The number of fused-ring (bicyclic) bond motifs is 1. The second kappa shape index (κ2) is 11.8. The number of nitrogens with one attached hydrogen (secondary N) is 2. The summed E-state index contributed by atoms with van der Waals surface area (Å²) in [5.74, 6) is -1.11. The summed E-state index contributed by atoms with van der Waals surface area (Å²) in [6.07, 6.45) is 2.52. The molecule has 3 unspecified atom stereocenters. The lowest BCUT2D eigenvalue weighted by molar-refractivity contribution is -0.142. The molecule has 5 rings (SSSR count). The van der Waals surface area contributed by atoms with Crippen LogP contribution in [0.15, 0.2) is 54.6 Å². The Morgan fingerprint density at radius 1 is 1.12 bits per heavy atom. The number of hydrogen-bond donors (Lipinski definition) is 3. The molecule has 9 heteroatoms. The van der Waals surface area contributed by atoms with E-state index in [1.54, 1.807) is 28.8 Å². The molecule has 3 heterocycles. The van der Waals surface area contributed by atoms with Gasteiger partial charge in [-0.15, -0.1) is 11.8 Å². The van der Waals surface area contributed by atoms with E-state index in [4.69, 9.17) is 4.74 Å². The number of nitrogens with zero attached hydrogens (tertiary/aromatic N) is 1. The zero-order valence-electron chi connectivity index (χ0n) is 23.3. The number of carbonyl (C=O) groups excluding carboxylic acids is 3. The monoisotopic (exact) mass is 565 g/mol. The second-order valence-corrected chi connectivity index (χ2v) is 12.5. The Morgan fingerprint density at radius 2 is 1.85 bits per heavy atom. The Kier molecular flexibility index (Phi) is 8.42. The van der Waals surface area contributed by atoms with Gasteiger partial charge in [0.1, 0.15) is 11.8 Å². The number of ether oxygens (including phenoxy) is 1. The Bertz CT molecular complexity index is 1230. The van der Waals surface area contributed by atoms with E-state index in [0.717, 1.165) is 30.6 Å². The van der Waals surface area contributed by atoms with E-state index >= 15 is 0 Å². The molecule has 8 nitrogen and oxygen atoms in total. The Balaban J connectivity index is 1.50. The summed E-state index contributed by atoms with van der Waals surface area (Å²) in [4.78, 5) is 43.8. The highest BCUT2D eigenvalue weighted by molar-refractivity contribution is 8.02. The summed E-state index contributed by atoms with van der Waals surface area (Å²) < 4.78 is 4.76. The molecule has 3 aliphatic heterocycles. The van der Waals surface area contributed by atoms with Crippen LogP contribution in [0.4, 0.5) is 5.69 Å². The zero-order chi connectivity index (χ0) is 28.4. The average Bonchev–Trinajstić information content (AvgIpc) is 3.55. The van der Waals surface area contributed by atoms with E-state index in [1.807, 2.05) is 49.4 Å². The van der Waals surface area contributed by atoms with E-state index in [1.165, 1.54) is 0 Å². The second-order valence-electron chi connectivity index (χ2n) is 11.0. The van der Waals surface area contributed by atoms with Crippen molar-refractivity contribution in [2.45, 2.75) is 62.1 Å². The van der Waals surface area contributed by atoms with Gasteiger partial charge in [0.05, 0.1) is 35.8 Å². The van der Waals surface area contributed by atoms with Crippen LogP contribution in [0.3, 0.4) is 0 Å². The van der Waals surface area contributed by atoms with Gasteiger partial charge in [-0.25, -0.2) is 0 Å². The Labute approximate surface area is 240 Å². The van der Waals surface area contributed by atoms with Crippen LogP contribution in [-0.4, -0.2) is 63.5 Å². The molecule has 1 spiro atoms. The van der Waals surface area contributed by atoms with Crippen LogP contribution in [0.2, 0.25) is 0 Å². The quantitative estimate of drug-likeness (QED) is 0.356. The first-order valence-electron chi connectivity index (χ1n) is 14.3. The topological polar surface area (TPSA) is 108 Å². The molecule has 0 aliphatic carbocycles. The molecule has 40 heavy (non-hydrogen) atoms. The maximum absolute atomic E-state index is 14.4. The average molecular weight is 566 g/mol. The highest BCUT2D eigenvalue weighted by atomic mass is 32.2. The van der Waals surface area contributed by atoms with Crippen LogP contribution in [0.25, 0.3) is 0 Å². The smallest absolute Gasteiger partial charge is 0.244 e. The molecular formula is C31H39N3O5S. The van der Waals surface area contributed by atoms with Gasteiger partial charge < -0.3 is 25.4 Å². The number of thioether (sulfide) groups is 1. The van der Waals surface area contributed by atoms with Crippen molar-refractivity contribution in [3.8, 4) is 5.75 Å². The molecule has 3 fully saturated rings. The number of benzene rings is 2. The van der Waals surface area contributed by atoms with Crippen LogP contribution in [0.1, 0.15) is 51.6 Å². The first kappa shape index (κ1) is 28.5. The molecule has 2 aromatic rings. The van der Waals surface area contributed by atoms with Gasteiger partial charge in [-0.2, -0.15) is 0 Å². The standard InChI is InChI=1S/C31H39N3O5S/c1-4-6-16-32-29(37)27-31-19(3)17-24(40-31)25(28(36)33-21-12-14-22(15-13-21)39-5-2)26(31)30(38)34(27)23(18-35)20-10-8-7-9-11-20/h7-15,19,23-27,35H,4-6,16-18H2,1-3H3,(H,32,37)(H,33,36)/t19?,23-,24+,25-,26+,27?,31?/m1/s1. The van der Waals surface area contributed by atoms with E-state index in [0.29, 0.717) is 18.8 Å². The molecule has 0 aromatic heterocycles. The Hall–Kier alpha value is -3.04. The molecule has 3 saturated heterocycles. The number of aliphatic hydroxyl groups excluding tert-OH is 1. The number of likely N-dealkylation sites (tertiary alicyclic amines) is 1. The number of amides is 3. The molecule has 2 aromatic carbocycles. The molecule has 3 aliphatic rings. The third-order valence-corrected chi connectivity index (χ3v) is 10.8. The first-order valence-corrected chi connectivity index (χ1v) is 15.2. The van der Waals surface area contributed by atoms with Crippen molar-refractivity contribution in [3.63, 3.8) is 0 Å². The van der Waals surface area contributed by atoms with Gasteiger partial charge in [0, 0.05) is 17.5 Å². The van der Waals surface area contributed by atoms with Crippen molar-refractivity contribution in [3.05, 3.63) is 60.2 Å². The number of carbonyl (C=O) groups is 3. The SMILES string of the molecule is CCCCNC(=O)C1N([C@H](CO)c2ccccc2)C(=O)[C@@H]2[C@H](C(=O)Nc3ccc(OCC)cc3)[C@@H]3CC(C)C12S3. The highest BCUT2D eigenvalue weighted by Crippen LogP contribution is 2.69. The summed E-state index contributed by atoms with van der Waals surface area (Å²) in [6.45, 7) is 6.83. The van der Waals surface area contributed by atoms with Gasteiger partial charge in [0.15, 0.2) is 0 Å². The zero-order valence-corrected chi connectivity index (χ0v) is 24.2. The molecule has 7 atom stereocenters. The van der Waals surface area contributed by atoms with Gasteiger partial charge in [-0.1, -0.05) is 50.6 Å². The maximum atomic E-state index is 14.4. The minimum atomic E-state index is -0.785. The number of anilines is 1. The predicted octanol–water partition coefficient (Wildman–Crippen LogP) is 4.01. The summed E-state index contributed by atoms with van der Waals surface area (Å²) in [5, 5.41) is 16.6. The van der Waals surface area contributed by atoms with Crippen molar-refractivity contribution in [2.75, 3.05) is 25.1 Å². The maximum Gasteiger partial charge on any atom is 0.244 e. The van der Waals surface area contributed by atoms with Gasteiger partial charge in [0.2, 0.25) is 17.7 Å². The van der Waals surface area contributed by atoms with E-state index in [-0.39, 0.29) is 35.5 Å². The molecular weight excluding hydrogens is 526 g/mol. The van der Waals surface area contributed by atoms with Crippen LogP contribution < -0.4 is 15.4 Å². The van der Waals surface area contributed by atoms with Crippen LogP contribution >= 0.6 is 11.8 Å². The third kappa shape index (κ3) is 4.77. The molecule has 0 radical (unpaired) electrons. The fraction of sp³-hybridized carbons (Fsp3) is 0.516. The van der Waals surface area contributed by atoms with E-state index in [2.05, 4.69) is 24.5 Å². The predicted molar refractivity (Wildman–Crippen MR) is 156 cm³/mol. The normalized spacial score (nSPS) is 29.2. The summed E-state index contributed by atoms with van der Waals surface area (Å²) in [7, 11) is 0. The van der Waals surface area contributed by atoms with Gasteiger partial charge >= 0.3 is 0 Å². The molecule has 3 N–H and O–H groups in total. The molecule has 2 bridgehead atoms. The van der Waals surface area contributed by atoms with Crippen molar-refractivity contribution >= 4 is 35.2 Å². The third-order valence-electron chi connectivity index (χ3n) is 8.69.